The maximum absolute atomic E-state index is 13.1. The molecule has 1 saturated heterocycles. The van der Waals surface area contributed by atoms with Crippen molar-refractivity contribution >= 4 is 28.6 Å². The van der Waals surface area contributed by atoms with Crippen molar-refractivity contribution in [3.63, 3.8) is 0 Å². The van der Waals surface area contributed by atoms with Crippen LogP contribution in [-0.2, 0) is 16.9 Å². The topological polar surface area (TPSA) is 136 Å². The molecule has 0 unspecified atom stereocenters. The van der Waals surface area contributed by atoms with Crippen LogP contribution in [0, 0.1) is 0 Å². The van der Waals surface area contributed by atoms with E-state index in [1.54, 1.807) is 72.9 Å². The zero-order valence-electron chi connectivity index (χ0n) is 18.7. The molecule has 0 spiro atoms. The molecule has 1 aliphatic heterocycles. The Morgan fingerprint density at radius 2 is 1.83 bits per heavy atom. The van der Waals surface area contributed by atoms with Crippen molar-refractivity contribution in [3.05, 3.63) is 84.1 Å². The Morgan fingerprint density at radius 1 is 1.09 bits per heavy atom. The number of methoxy groups -OCH3 is 1. The first-order valence-electron chi connectivity index (χ1n) is 10.8. The Kier molecular flexibility index (Phi) is 5.17. The largest absolute Gasteiger partial charge is 0.497 e. The van der Waals surface area contributed by atoms with E-state index >= 15 is 0 Å². The number of aromatic hydroxyl groups is 1. The number of ether oxygens (including phenoxy) is 1. The zero-order valence-corrected chi connectivity index (χ0v) is 18.7. The van der Waals surface area contributed by atoms with Gasteiger partial charge in [-0.3, -0.25) is 14.9 Å². The maximum Gasteiger partial charge on any atom is 0.322 e. The number of benzene rings is 3. The highest BCUT2D eigenvalue weighted by atomic mass is 16.5. The zero-order chi connectivity index (χ0) is 24.7. The Bertz CT molecular complexity index is 1490. The average Bonchev–Trinajstić information content (AvgIpc) is 3.33. The lowest BCUT2D eigenvalue weighted by Crippen LogP contribution is -2.47. The molecule has 2 heterocycles. The fraction of sp³-hybridized carbons (Fsp3) is 0.115. The summed E-state index contributed by atoms with van der Waals surface area (Å²) in [4.78, 5) is 37.1. The number of fused-ring (bicyclic) bond motifs is 1. The molecular weight excluding hydrogens is 448 g/mol. The van der Waals surface area contributed by atoms with Gasteiger partial charge in [0.05, 0.1) is 13.7 Å². The van der Waals surface area contributed by atoms with Crippen molar-refractivity contribution in [1.29, 1.82) is 0 Å². The van der Waals surface area contributed by atoms with Crippen LogP contribution in [0.1, 0.15) is 15.9 Å². The summed E-state index contributed by atoms with van der Waals surface area (Å²) < 4.78 is 6.76. The molecule has 9 nitrogen and oxygen atoms in total. The van der Waals surface area contributed by atoms with E-state index in [2.05, 4.69) is 10.6 Å². The van der Waals surface area contributed by atoms with Gasteiger partial charge in [0.25, 0.3) is 5.91 Å². The highest BCUT2D eigenvalue weighted by Gasteiger charge is 2.48. The highest BCUT2D eigenvalue weighted by Crippen LogP contribution is 2.35. The van der Waals surface area contributed by atoms with Gasteiger partial charge in [-0.25, -0.2) is 4.79 Å². The number of hydrogen-bond donors (Lipinski definition) is 4. The number of amides is 4. The first kappa shape index (κ1) is 22.0. The van der Waals surface area contributed by atoms with E-state index in [0.717, 1.165) is 10.9 Å². The van der Waals surface area contributed by atoms with Gasteiger partial charge in [0, 0.05) is 22.5 Å². The second kappa shape index (κ2) is 8.21. The first-order valence-corrected chi connectivity index (χ1v) is 10.8. The van der Waals surface area contributed by atoms with Crippen LogP contribution in [0.15, 0.2) is 72.9 Å². The molecule has 1 aromatic heterocycles. The van der Waals surface area contributed by atoms with Gasteiger partial charge in [0.15, 0.2) is 11.4 Å². The molecule has 1 aliphatic rings. The SMILES string of the molecule is COc1ccc2cn(C[C@@]3(c4ccc(-c5ccccc5C(N)=O)cc4)NC(=O)NC3=O)c(O)c2c1. The van der Waals surface area contributed by atoms with Crippen LogP contribution < -0.4 is 21.1 Å². The highest BCUT2D eigenvalue weighted by molar-refractivity contribution is 6.07. The van der Waals surface area contributed by atoms with E-state index in [4.69, 9.17) is 10.5 Å². The van der Waals surface area contributed by atoms with Gasteiger partial charge in [-0.2, -0.15) is 0 Å². The lowest BCUT2D eigenvalue weighted by atomic mass is 9.88. The van der Waals surface area contributed by atoms with Crippen molar-refractivity contribution < 1.29 is 24.2 Å². The number of carbonyl (C=O) groups excluding carboxylic acids is 3. The second-order valence-corrected chi connectivity index (χ2v) is 8.33. The molecule has 35 heavy (non-hydrogen) atoms. The molecule has 3 aromatic carbocycles. The van der Waals surface area contributed by atoms with Crippen LogP contribution >= 0.6 is 0 Å². The summed E-state index contributed by atoms with van der Waals surface area (Å²) in [5, 5.41) is 17.2. The van der Waals surface area contributed by atoms with Crippen molar-refractivity contribution in [2.45, 2.75) is 12.1 Å². The summed E-state index contributed by atoms with van der Waals surface area (Å²) in [5.41, 5.74) is 6.32. The fourth-order valence-corrected chi connectivity index (χ4v) is 4.51. The van der Waals surface area contributed by atoms with E-state index in [1.807, 2.05) is 0 Å². The first-order chi connectivity index (χ1) is 16.8. The van der Waals surface area contributed by atoms with Gasteiger partial charge in [0.1, 0.15) is 5.75 Å². The van der Waals surface area contributed by atoms with Crippen molar-refractivity contribution in [2.24, 2.45) is 5.73 Å². The predicted molar refractivity (Wildman–Crippen MR) is 129 cm³/mol. The minimum Gasteiger partial charge on any atom is -0.497 e. The molecule has 0 aliphatic carbocycles. The number of primary amides is 1. The molecular formula is C26H22N4O5. The van der Waals surface area contributed by atoms with Gasteiger partial charge in [-0.05, 0) is 41.0 Å². The van der Waals surface area contributed by atoms with Gasteiger partial charge < -0.3 is 25.5 Å². The van der Waals surface area contributed by atoms with E-state index in [9.17, 15) is 19.5 Å². The Labute approximate surface area is 200 Å². The Hall–Kier alpha value is -4.79. The van der Waals surface area contributed by atoms with E-state index in [0.29, 0.717) is 27.8 Å². The predicted octanol–water partition coefficient (Wildman–Crippen LogP) is 2.86. The second-order valence-electron chi connectivity index (χ2n) is 8.33. The summed E-state index contributed by atoms with van der Waals surface area (Å²) in [6, 6.07) is 18.5. The molecule has 1 fully saturated rings. The number of nitrogens with one attached hydrogen (secondary N) is 2. The normalized spacial score (nSPS) is 17.3. The van der Waals surface area contributed by atoms with Crippen LogP contribution in [0.3, 0.4) is 0 Å². The lowest BCUT2D eigenvalue weighted by Gasteiger charge is -2.27. The third kappa shape index (κ3) is 3.63. The lowest BCUT2D eigenvalue weighted by molar-refractivity contribution is -0.124. The maximum atomic E-state index is 13.1. The van der Waals surface area contributed by atoms with Gasteiger partial charge in [-0.1, -0.05) is 42.5 Å². The van der Waals surface area contributed by atoms with Crippen molar-refractivity contribution in [2.75, 3.05) is 7.11 Å². The van der Waals surface area contributed by atoms with E-state index in [1.165, 1.54) is 11.7 Å². The smallest absolute Gasteiger partial charge is 0.322 e. The van der Waals surface area contributed by atoms with Crippen LogP contribution in [0.5, 0.6) is 11.6 Å². The summed E-state index contributed by atoms with van der Waals surface area (Å²) in [6.45, 7) is -0.0510. The molecule has 5 rings (SSSR count). The molecule has 1 atom stereocenters. The number of rotatable bonds is 6. The summed E-state index contributed by atoms with van der Waals surface area (Å²) in [7, 11) is 1.54. The number of carbonyl (C=O) groups is 3. The van der Waals surface area contributed by atoms with E-state index in [-0.39, 0.29) is 12.4 Å². The molecule has 0 saturated carbocycles. The minimum absolute atomic E-state index is 0.0510. The van der Waals surface area contributed by atoms with Crippen LogP contribution in [0.2, 0.25) is 0 Å². The van der Waals surface area contributed by atoms with Crippen LogP contribution in [0.4, 0.5) is 4.79 Å². The van der Waals surface area contributed by atoms with Gasteiger partial charge in [-0.15, -0.1) is 0 Å². The number of urea groups is 1. The summed E-state index contributed by atoms with van der Waals surface area (Å²) in [5.74, 6) is -0.559. The average molecular weight is 470 g/mol. The molecule has 5 N–H and O–H groups in total. The number of imide groups is 1. The van der Waals surface area contributed by atoms with Gasteiger partial charge in [0.2, 0.25) is 5.91 Å². The Balaban J connectivity index is 1.57. The number of hydrogen-bond acceptors (Lipinski definition) is 5. The minimum atomic E-state index is -1.46. The van der Waals surface area contributed by atoms with Crippen LogP contribution in [0.25, 0.3) is 21.9 Å². The van der Waals surface area contributed by atoms with Crippen molar-refractivity contribution in [3.8, 4) is 22.8 Å². The standard InChI is InChI=1S/C26H22N4O5/c1-35-18-11-8-16-13-30(23(32)21(16)12-18)14-26(24(33)28-25(34)29-26)17-9-6-15(7-10-17)19-4-2-3-5-20(19)22(27)31/h2-13,32H,14H2,1H3,(H2,27,31)(H2,28,29,33,34)/t26-/m0/s1. The monoisotopic (exact) mass is 470 g/mol. The number of aromatic nitrogens is 1. The third-order valence-corrected chi connectivity index (χ3v) is 6.30. The molecule has 0 radical (unpaired) electrons. The molecule has 176 valence electrons. The number of nitrogens with zero attached hydrogens (tertiary/aromatic N) is 1. The van der Waals surface area contributed by atoms with Crippen molar-refractivity contribution in [1.82, 2.24) is 15.2 Å². The van der Waals surface area contributed by atoms with E-state index < -0.39 is 23.4 Å². The molecule has 4 aromatic rings. The van der Waals surface area contributed by atoms with Gasteiger partial charge >= 0.3 is 6.03 Å². The van der Waals surface area contributed by atoms with Crippen LogP contribution in [-0.4, -0.2) is 34.6 Å². The summed E-state index contributed by atoms with van der Waals surface area (Å²) >= 11 is 0. The molecule has 0 bridgehead atoms. The quantitative estimate of drug-likeness (QED) is 0.321. The molecule has 9 heteroatoms. The third-order valence-electron chi connectivity index (χ3n) is 6.30. The fourth-order valence-electron chi connectivity index (χ4n) is 4.51. The Morgan fingerprint density at radius 3 is 2.49 bits per heavy atom. The summed E-state index contributed by atoms with van der Waals surface area (Å²) in [6.07, 6.45) is 1.71. The number of nitrogens with two attached hydrogens (primary N) is 1. The molecule has 4 amide bonds.